The summed E-state index contributed by atoms with van der Waals surface area (Å²) in [5.74, 6) is 1.13. The first-order valence-corrected chi connectivity index (χ1v) is 7.32. The second-order valence-electron chi connectivity index (χ2n) is 5.95. The van der Waals surface area contributed by atoms with Crippen molar-refractivity contribution in [1.82, 2.24) is 0 Å². The molecule has 0 amide bonds. The average Bonchev–Trinajstić information content (AvgIpc) is 2.27. The minimum absolute atomic E-state index is 0.251. The van der Waals surface area contributed by atoms with Crippen LogP contribution in [0.1, 0.15) is 66.2 Å². The van der Waals surface area contributed by atoms with Crippen molar-refractivity contribution in [3.05, 3.63) is 23.3 Å². The van der Waals surface area contributed by atoms with Crippen molar-refractivity contribution >= 4 is 5.78 Å². The third-order valence-electron chi connectivity index (χ3n) is 4.21. The van der Waals surface area contributed by atoms with E-state index >= 15 is 0 Å². The quantitative estimate of drug-likeness (QED) is 0.592. The molecule has 0 aromatic rings. The van der Waals surface area contributed by atoms with Crippen LogP contribution in [0.15, 0.2) is 23.3 Å². The van der Waals surface area contributed by atoms with Gasteiger partial charge in [0.2, 0.25) is 0 Å². The maximum Gasteiger partial charge on any atom is 0.133 e. The average molecular weight is 248 g/mol. The van der Waals surface area contributed by atoms with E-state index in [2.05, 4.69) is 32.9 Å². The number of carbonyl (C=O) groups is 1. The standard InChI is InChI=1S/C17H28O/c1-13-7-5-8-14(2)11-12-17(16(4)18)15(3)10-6-9-13/h8-9,15,17H,5-7,10-12H2,1-4H3. The fourth-order valence-corrected chi connectivity index (χ4v) is 2.82. The summed E-state index contributed by atoms with van der Waals surface area (Å²) < 4.78 is 0. The zero-order valence-electron chi connectivity index (χ0n) is 12.5. The van der Waals surface area contributed by atoms with Crippen LogP contribution in [0.2, 0.25) is 0 Å². The molecule has 0 heterocycles. The highest BCUT2D eigenvalue weighted by Crippen LogP contribution is 2.26. The van der Waals surface area contributed by atoms with E-state index in [0.29, 0.717) is 11.7 Å². The lowest BCUT2D eigenvalue weighted by atomic mass is 9.82. The molecule has 2 unspecified atom stereocenters. The lowest BCUT2D eigenvalue weighted by Crippen LogP contribution is -2.20. The Morgan fingerprint density at radius 2 is 1.67 bits per heavy atom. The van der Waals surface area contributed by atoms with E-state index in [1.165, 1.54) is 17.6 Å². The Kier molecular flexibility index (Phi) is 6.38. The zero-order chi connectivity index (χ0) is 13.5. The maximum absolute atomic E-state index is 11.8. The van der Waals surface area contributed by atoms with E-state index in [9.17, 15) is 4.79 Å². The lowest BCUT2D eigenvalue weighted by molar-refractivity contribution is -0.122. The molecule has 1 rings (SSSR count). The van der Waals surface area contributed by atoms with Crippen molar-refractivity contribution in [2.24, 2.45) is 11.8 Å². The van der Waals surface area contributed by atoms with Crippen molar-refractivity contribution in [3.8, 4) is 0 Å². The van der Waals surface area contributed by atoms with Gasteiger partial charge in [0, 0.05) is 5.92 Å². The van der Waals surface area contributed by atoms with Crippen LogP contribution in [0.3, 0.4) is 0 Å². The molecule has 0 bridgehead atoms. The van der Waals surface area contributed by atoms with Gasteiger partial charge >= 0.3 is 0 Å². The second kappa shape index (κ2) is 7.56. The van der Waals surface area contributed by atoms with Crippen molar-refractivity contribution in [3.63, 3.8) is 0 Å². The van der Waals surface area contributed by atoms with Gasteiger partial charge in [-0.2, -0.15) is 0 Å². The highest BCUT2D eigenvalue weighted by Gasteiger charge is 2.21. The summed E-state index contributed by atoms with van der Waals surface area (Å²) in [6, 6.07) is 0. The normalized spacial score (nSPS) is 27.6. The summed E-state index contributed by atoms with van der Waals surface area (Å²) >= 11 is 0. The molecule has 0 aliphatic heterocycles. The Morgan fingerprint density at radius 1 is 1.06 bits per heavy atom. The molecule has 18 heavy (non-hydrogen) atoms. The molecule has 0 radical (unpaired) electrons. The van der Waals surface area contributed by atoms with E-state index < -0.39 is 0 Å². The summed E-state index contributed by atoms with van der Waals surface area (Å²) in [7, 11) is 0. The summed E-state index contributed by atoms with van der Waals surface area (Å²) in [5.41, 5.74) is 2.94. The first-order chi connectivity index (χ1) is 8.50. The Balaban J connectivity index is 2.76. The van der Waals surface area contributed by atoms with Crippen molar-refractivity contribution < 1.29 is 4.79 Å². The van der Waals surface area contributed by atoms with Crippen LogP contribution in [-0.2, 0) is 4.79 Å². The molecule has 0 spiro atoms. The smallest absolute Gasteiger partial charge is 0.133 e. The fraction of sp³-hybridized carbons (Fsp3) is 0.706. The van der Waals surface area contributed by atoms with Gasteiger partial charge in [-0.15, -0.1) is 0 Å². The molecule has 0 N–H and O–H groups in total. The molecular weight excluding hydrogens is 220 g/mol. The van der Waals surface area contributed by atoms with Crippen LogP contribution >= 0.6 is 0 Å². The first-order valence-electron chi connectivity index (χ1n) is 7.32. The largest absolute Gasteiger partial charge is 0.300 e. The third-order valence-corrected chi connectivity index (χ3v) is 4.21. The van der Waals surface area contributed by atoms with Crippen LogP contribution in [0.25, 0.3) is 0 Å². The van der Waals surface area contributed by atoms with Gasteiger partial charge in [-0.05, 0) is 65.2 Å². The van der Waals surface area contributed by atoms with E-state index in [-0.39, 0.29) is 5.92 Å². The van der Waals surface area contributed by atoms with Crippen molar-refractivity contribution in [1.29, 1.82) is 0 Å². The molecule has 1 heteroatoms. The Labute approximate surface area is 112 Å². The summed E-state index contributed by atoms with van der Waals surface area (Å²) in [6.45, 7) is 8.42. The Hall–Kier alpha value is -0.850. The highest BCUT2D eigenvalue weighted by atomic mass is 16.1. The number of Topliss-reactive ketones (excluding diaryl/α,β-unsaturated/α-hetero) is 1. The fourth-order valence-electron chi connectivity index (χ4n) is 2.82. The minimum Gasteiger partial charge on any atom is -0.300 e. The van der Waals surface area contributed by atoms with Gasteiger partial charge in [0.15, 0.2) is 0 Å². The molecule has 1 nitrogen and oxygen atoms in total. The molecule has 0 saturated heterocycles. The van der Waals surface area contributed by atoms with E-state index in [0.717, 1.165) is 32.1 Å². The lowest BCUT2D eigenvalue weighted by Gasteiger charge is -2.22. The van der Waals surface area contributed by atoms with Crippen LogP contribution in [0.5, 0.6) is 0 Å². The molecule has 0 fully saturated rings. The van der Waals surface area contributed by atoms with Gasteiger partial charge in [-0.25, -0.2) is 0 Å². The summed E-state index contributed by atoms with van der Waals surface area (Å²) in [5, 5.41) is 0. The van der Waals surface area contributed by atoms with Crippen LogP contribution < -0.4 is 0 Å². The summed E-state index contributed by atoms with van der Waals surface area (Å²) in [6.07, 6.45) is 11.4. The van der Waals surface area contributed by atoms with Gasteiger partial charge in [0.25, 0.3) is 0 Å². The second-order valence-corrected chi connectivity index (χ2v) is 5.95. The topological polar surface area (TPSA) is 17.1 Å². The Morgan fingerprint density at radius 3 is 2.33 bits per heavy atom. The minimum atomic E-state index is 0.251. The van der Waals surface area contributed by atoms with Crippen LogP contribution in [-0.4, -0.2) is 5.78 Å². The van der Waals surface area contributed by atoms with Gasteiger partial charge < -0.3 is 0 Å². The SMILES string of the molecule is CC(=O)C1CCC(C)=CCCC(C)=CCCC1C. The number of carbonyl (C=O) groups excluding carboxylic acids is 1. The molecule has 1 aliphatic rings. The summed E-state index contributed by atoms with van der Waals surface area (Å²) in [4.78, 5) is 11.8. The molecule has 0 aromatic heterocycles. The maximum atomic E-state index is 11.8. The van der Waals surface area contributed by atoms with E-state index in [1.54, 1.807) is 6.92 Å². The third kappa shape index (κ3) is 5.20. The molecule has 2 atom stereocenters. The molecular formula is C17H28O. The predicted octanol–water partition coefficient (Wildman–Crippen LogP) is 5.07. The van der Waals surface area contributed by atoms with Crippen molar-refractivity contribution in [2.45, 2.75) is 66.2 Å². The van der Waals surface area contributed by atoms with Gasteiger partial charge in [-0.1, -0.05) is 30.2 Å². The Bertz CT molecular complexity index is 336. The zero-order valence-corrected chi connectivity index (χ0v) is 12.5. The van der Waals surface area contributed by atoms with Crippen LogP contribution in [0, 0.1) is 11.8 Å². The van der Waals surface area contributed by atoms with Crippen molar-refractivity contribution in [2.75, 3.05) is 0 Å². The number of rotatable bonds is 1. The molecule has 1 aliphatic carbocycles. The van der Waals surface area contributed by atoms with Gasteiger partial charge in [0.1, 0.15) is 5.78 Å². The first kappa shape index (κ1) is 15.2. The predicted molar refractivity (Wildman–Crippen MR) is 78.6 cm³/mol. The van der Waals surface area contributed by atoms with Gasteiger partial charge in [0.05, 0.1) is 0 Å². The number of ketones is 1. The van der Waals surface area contributed by atoms with Gasteiger partial charge in [-0.3, -0.25) is 4.79 Å². The van der Waals surface area contributed by atoms with E-state index in [1.807, 2.05) is 0 Å². The highest BCUT2D eigenvalue weighted by molar-refractivity contribution is 5.78. The van der Waals surface area contributed by atoms with Crippen LogP contribution in [0.4, 0.5) is 0 Å². The van der Waals surface area contributed by atoms with E-state index in [4.69, 9.17) is 0 Å². The molecule has 102 valence electrons. The molecule has 0 aromatic carbocycles. The number of allylic oxidation sites excluding steroid dienone is 4. The monoisotopic (exact) mass is 248 g/mol. The molecule has 0 saturated carbocycles. The number of hydrogen-bond donors (Lipinski definition) is 0. The number of hydrogen-bond acceptors (Lipinski definition) is 1.